The molecule has 5 nitrogen and oxygen atoms in total. The van der Waals surface area contributed by atoms with E-state index in [1.165, 1.54) is 47.2 Å². The highest BCUT2D eigenvalue weighted by atomic mass is 32.1. The highest BCUT2D eigenvalue weighted by Crippen LogP contribution is 2.33. The number of anilines is 1. The third-order valence-electron chi connectivity index (χ3n) is 5.03. The molecule has 176 valence electrons. The van der Waals surface area contributed by atoms with Crippen molar-refractivity contribution in [1.82, 2.24) is 4.98 Å². The Morgan fingerprint density at radius 3 is 2.66 bits per heavy atom. The molecule has 0 aliphatic carbocycles. The predicted octanol–water partition coefficient (Wildman–Crippen LogP) is 6.87. The molecule has 0 bridgehead atoms. The molecule has 2 aromatic carbocycles. The first-order valence-electron chi connectivity index (χ1n) is 10.4. The summed E-state index contributed by atoms with van der Waals surface area (Å²) in [5.74, 6) is -0.329. The number of aryl methyl sites for hydroxylation is 1. The summed E-state index contributed by atoms with van der Waals surface area (Å²) in [6.45, 7) is 2.01. The van der Waals surface area contributed by atoms with Crippen molar-refractivity contribution in [2.45, 2.75) is 19.5 Å². The van der Waals surface area contributed by atoms with E-state index >= 15 is 0 Å². The molecule has 0 unspecified atom stereocenters. The maximum absolute atomic E-state index is 13.0. The molecule has 1 N–H and O–H groups in total. The Balaban J connectivity index is 1.46. The summed E-state index contributed by atoms with van der Waals surface area (Å²) < 4.78 is 44.5. The standard InChI is InChI=1S/C26H18F3N3O2S/c1-16-5-7-17(8-6-16)11-22-15-31-25(35-22)32-24(33)19(14-30)13-21-9-10-23(34-21)18-3-2-4-20(12-18)26(27,28)29/h2-10,12-13,15H,11H2,1H3,(H,31,32,33)/b19-13+. The van der Waals surface area contributed by atoms with Crippen molar-refractivity contribution in [3.8, 4) is 17.4 Å². The fourth-order valence-corrected chi connectivity index (χ4v) is 4.09. The molecule has 2 aromatic heterocycles. The van der Waals surface area contributed by atoms with Crippen LogP contribution in [0.2, 0.25) is 0 Å². The van der Waals surface area contributed by atoms with Crippen LogP contribution in [0.15, 0.2) is 76.9 Å². The van der Waals surface area contributed by atoms with Crippen LogP contribution in [0.25, 0.3) is 17.4 Å². The van der Waals surface area contributed by atoms with Crippen LogP contribution in [0.3, 0.4) is 0 Å². The molecule has 4 rings (SSSR count). The number of rotatable bonds is 6. The minimum absolute atomic E-state index is 0.156. The summed E-state index contributed by atoms with van der Waals surface area (Å²) in [5, 5.41) is 12.4. The first-order valence-corrected chi connectivity index (χ1v) is 11.2. The number of nitriles is 1. The lowest BCUT2D eigenvalue weighted by atomic mass is 10.1. The van der Waals surface area contributed by atoms with Gasteiger partial charge in [-0.3, -0.25) is 10.1 Å². The van der Waals surface area contributed by atoms with Crippen molar-refractivity contribution in [2.24, 2.45) is 0 Å². The molecule has 2 heterocycles. The molecule has 4 aromatic rings. The van der Waals surface area contributed by atoms with Gasteiger partial charge in [0.25, 0.3) is 5.91 Å². The quantitative estimate of drug-likeness (QED) is 0.235. The number of thiazole rings is 1. The minimum Gasteiger partial charge on any atom is -0.457 e. The number of carbonyl (C=O) groups is 1. The Kier molecular flexibility index (Phi) is 6.85. The number of carbonyl (C=O) groups excluding carboxylic acids is 1. The van der Waals surface area contributed by atoms with E-state index in [1.54, 1.807) is 6.20 Å². The van der Waals surface area contributed by atoms with E-state index in [-0.39, 0.29) is 22.7 Å². The molecular formula is C26H18F3N3O2S. The molecule has 9 heteroatoms. The number of nitrogens with zero attached hydrogens (tertiary/aromatic N) is 2. The SMILES string of the molecule is Cc1ccc(Cc2cnc(NC(=O)/C(C#N)=C/c3ccc(-c4cccc(C(F)(F)F)c4)o3)s2)cc1. The van der Waals surface area contributed by atoms with Crippen LogP contribution >= 0.6 is 11.3 Å². The molecule has 0 radical (unpaired) electrons. The van der Waals surface area contributed by atoms with E-state index in [0.29, 0.717) is 11.6 Å². The van der Waals surface area contributed by atoms with Gasteiger partial charge in [-0.25, -0.2) is 4.98 Å². The molecule has 0 aliphatic heterocycles. The number of alkyl halides is 3. The molecule has 1 amide bonds. The van der Waals surface area contributed by atoms with Crippen molar-refractivity contribution in [2.75, 3.05) is 5.32 Å². The van der Waals surface area contributed by atoms with Crippen LogP contribution in [0.4, 0.5) is 18.3 Å². The monoisotopic (exact) mass is 493 g/mol. The van der Waals surface area contributed by atoms with Crippen LogP contribution in [-0.2, 0) is 17.4 Å². The van der Waals surface area contributed by atoms with Crippen molar-refractivity contribution in [3.63, 3.8) is 0 Å². The molecular weight excluding hydrogens is 475 g/mol. The third-order valence-corrected chi connectivity index (χ3v) is 5.94. The number of benzene rings is 2. The van der Waals surface area contributed by atoms with E-state index in [4.69, 9.17) is 4.42 Å². The Hall–Kier alpha value is -4.16. The lowest BCUT2D eigenvalue weighted by Crippen LogP contribution is -2.13. The third kappa shape index (κ3) is 6.05. The molecule has 0 aliphatic rings. The zero-order valence-corrected chi connectivity index (χ0v) is 19.2. The van der Waals surface area contributed by atoms with E-state index in [0.717, 1.165) is 22.6 Å². The second-order valence-electron chi connectivity index (χ2n) is 7.70. The van der Waals surface area contributed by atoms with E-state index in [1.807, 2.05) is 37.3 Å². The highest BCUT2D eigenvalue weighted by Gasteiger charge is 2.30. The number of furan rings is 1. The van der Waals surface area contributed by atoms with Gasteiger partial charge in [-0.15, -0.1) is 11.3 Å². The van der Waals surface area contributed by atoms with Gasteiger partial charge in [0.05, 0.1) is 5.56 Å². The maximum atomic E-state index is 13.0. The normalized spacial score (nSPS) is 11.8. The van der Waals surface area contributed by atoms with Crippen LogP contribution in [0.1, 0.15) is 27.3 Å². The highest BCUT2D eigenvalue weighted by molar-refractivity contribution is 7.15. The lowest BCUT2D eigenvalue weighted by molar-refractivity contribution is -0.137. The van der Waals surface area contributed by atoms with Crippen LogP contribution in [0, 0.1) is 18.3 Å². The average molecular weight is 494 g/mol. The lowest BCUT2D eigenvalue weighted by Gasteiger charge is -2.07. The smallest absolute Gasteiger partial charge is 0.416 e. The van der Waals surface area contributed by atoms with Crippen molar-refractivity contribution >= 4 is 28.5 Å². The number of nitrogens with one attached hydrogen (secondary N) is 1. The van der Waals surface area contributed by atoms with Crippen molar-refractivity contribution in [3.05, 3.63) is 99.8 Å². The minimum atomic E-state index is -4.48. The van der Waals surface area contributed by atoms with Gasteiger partial charge in [0, 0.05) is 29.1 Å². The van der Waals surface area contributed by atoms with E-state index in [2.05, 4.69) is 10.3 Å². The molecule has 0 spiro atoms. The molecule has 0 fully saturated rings. The van der Waals surface area contributed by atoms with Crippen LogP contribution in [0.5, 0.6) is 0 Å². The Bertz CT molecular complexity index is 1430. The summed E-state index contributed by atoms with van der Waals surface area (Å²) in [6.07, 6.45) is -0.913. The molecule has 35 heavy (non-hydrogen) atoms. The van der Waals surface area contributed by atoms with Gasteiger partial charge in [0.1, 0.15) is 23.2 Å². The number of aromatic nitrogens is 1. The topological polar surface area (TPSA) is 78.9 Å². The maximum Gasteiger partial charge on any atom is 0.416 e. The predicted molar refractivity (Wildman–Crippen MR) is 127 cm³/mol. The summed E-state index contributed by atoms with van der Waals surface area (Å²) in [4.78, 5) is 17.7. The van der Waals surface area contributed by atoms with Crippen molar-refractivity contribution < 1.29 is 22.4 Å². The summed E-state index contributed by atoms with van der Waals surface area (Å²) in [7, 11) is 0. The van der Waals surface area contributed by atoms with Gasteiger partial charge in [-0.1, -0.05) is 42.0 Å². The summed E-state index contributed by atoms with van der Waals surface area (Å²) >= 11 is 1.30. The Morgan fingerprint density at radius 1 is 1.17 bits per heavy atom. The molecule has 0 saturated heterocycles. The Labute approximate surface area is 203 Å². The van der Waals surface area contributed by atoms with Gasteiger partial charge < -0.3 is 4.42 Å². The molecule has 0 saturated carbocycles. The largest absolute Gasteiger partial charge is 0.457 e. The van der Waals surface area contributed by atoms with Gasteiger partial charge in [-0.05, 0) is 36.8 Å². The molecule has 0 atom stereocenters. The number of amides is 1. The summed E-state index contributed by atoms with van der Waals surface area (Å²) in [6, 6.07) is 17.6. The van der Waals surface area contributed by atoms with E-state index < -0.39 is 17.6 Å². The van der Waals surface area contributed by atoms with Gasteiger partial charge in [0.15, 0.2) is 5.13 Å². The van der Waals surface area contributed by atoms with Crippen molar-refractivity contribution in [1.29, 1.82) is 5.26 Å². The fourth-order valence-electron chi connectivity index (χ4n) is 3.24. The van der Waals surface area contributed by atoms with Gasteiger partial charge in [-0.2, -0.15) is 18.4 Å². The van der Waals surface area contributed by atoms with Crippen LogP contribution in [-0.4, -0.2) is 10.9 Å². The number of hydrogen-bond donors (Lipinski definition) is 1. The van der Waals surface area contributed by atoms with Gasteiger partial charge in [0.2, 0.25) is 0 Å². The number of hydrogen-bond acceptors (Lipinski definition) is 5. The first kappa shape index (κ1) is 24.0. The van der Waals surface area contributed by atoms with Gasteiger partial charge >= 0.3 is 6.18 Å². The zero-order chi connectivity index (χ0) is 25.0. The zero-order valence-electron chi connectivity index (χ0n) is 18.4. The van der Waals surface area contributed by atoms with Crippen LogP contribution < -0.4 is 5.32 Å². The van der Waals surface area contributed by atoms with E-state index in [9.17, 15) is 23.2 Å². The second-order valence-corrected chi connectivity index (χ2v) is 8.81. The first-order chi connectivity index (χ1) is 16.7. The Morgan fingerprint density at radius 2 is 1.94 bits per heavy atom. The fraction of sp³-hybridized carbons (Fsp3) is 0.115. The second kappa shape index (κ2) is 9.99. The summed E-state index contributed by atoms with van der Waals surface area (Å²) in [5.41, 5.74) is 1.48. The number of halogens is 3. The average Bonchev–Trinajstić information content (AvgIpc) is 3.48.